The predicted octanol–water partition coefficient (Wildman–Crippen LogP) is 3.38. The van der Waals surface area contributed by atoms with Crippen LogP contribution in [0.5, 0.6) is 0 Å². The lowest BCUT2D eigenvalue weighted by atomic mass is 10.2. The molecule has 0 saturated heterocycles. The lowest BCUT2D eigenvalue weighted by Gasteiger charge is -1.97. The summed E-state index contributed by atoms with van der Waals surface area (Å²) in [7, 11) is 0. The number of aromatic nitrogens is 2. The fraction of sp³-hybridized carbons (Fsp3) is 0.111. The van der Waals surface area contributed by atoms with Gasteiger partial charge in [0.05, 0.1) is 11.4 Å². The van der Waals surface area contributed by atoms with Crippen LogP contribution in [0, 0.1) is 5.82 Å². The number of nitrogens with zero attached hydrogens (tertiary/aromatic N) is 2. The van der Waals surface area contributed by atoms with E-state index in [2.05, 4.69) is 26.1 Å². The van der Waals surface area contributed by atoms with Gasteiger partial charge in [0.25, 0.3) is 5.89 Å². The van der Waals surface area contributed by atoms with Crippen molar-refractivity contribution < 1.29 is 8.91 Å². The predicted molar refractivity (Wildman–Crippen MR) is 56.9 cm³/mol. The van der Waals surface area contributed by atoms with Crippen molar-refractivity contribution in [2.24, 2.45) is 0 Å². The molecule has 3 nitrogen and oxygen atoms in total. The Hall–Kier alpha value is -0.940. The Balaban J connectivity index is 2.48. The number of hydrogen-bond acceptors (Lipinski definition) is 3. The van der Waals surface area contributed by atoms with Gasteiger partial charge >= 0.3 is 0 Å². The summed E-state index contributed by atoms with van der Waals surface area (Å²) in [4.78, 5) is 3.93. The summed E-state index contributed by atoms with van der Waals surface area (Å²) in [6.45, 7) is 0. The molecule has 78 valence electrons. The first-order chi connectivity index (χ1) is 7.20. The zero-order valence-corrected chi connectivity index (χ0v) is 9.72. The van der Waals surface area contributed by atoms with Gasteiger partial charge in [0.2, 0.25) is 0 Å². The summed E-state index contributed by atoms with van der Waals surface area (Å²) in [5.41, 5.74) is 0.258. The van der Waals surface area contributed by atoms with E-state index in [0.29, 0.717) is 5.82 Å². The lowest BCUT2D eigenvalue weighted by Crippen LogP contribution is -1.85. The Morgan fingerprint density at radius 2 is 2.27 bits per heavy atom. The normalized spacial score (nSPS) is 10.6. The summed E-state index contributed by atoms with van der Waals surface area (Å²) in [5.74, 6) is 0.192. The lowest BCUT2D eigenvalue weighted by molar-refractivity contribution is 0.422. The minimum absolute atomic E-state index is 0.129. The third-order valence-electron chi connectivity index (χ3n) is 1.75. The molecule has 0 aliphatic rings. The molecule has 0 aliphatic heterocycles. The monoisotopic (exact) mass is 290 g/mol. The molecule has 0 amide bonds. The number of rotatable bonds is 2. The van der Waals surface area contributed by atoms with E-state index in [9.17, 15) is 4.39 Å². The zero-order chi connectivity index (χ0) is 10.8. The van der Waals surface area contributed by atoms with Crippen molar-refractivity contribution in [1.82, 2.24) is 10.1 Å². The fourth-order valence-corrected chi connectivity index (χ4v) is 1.55. The van der Waals surface area contributed by atoms with E-state index in [-0.39, 0.29) is 17.3 Å². The van der Waals surface area contributed by atoms with Gasteiger partial charge in [-0.2, -0.15) is 4.98 Å². The molecule has 1 aromatic heterocycles. The Kier molecular flexibility index (Phi) is 3.02. The van der Waals surface area contributed by atoms with Crippen LogP contribution in [0.3, 0.4) is 0 Å². The number of halogens is 3. The fourth-order valence-electron chi connectivity index (χ4n) is 1.08. The Labute approximate surface area is 98.4 Å². The molecule has 0 N–H and O–H groups in total. The minimum Gasteiger partial charge on any atom is -0.334 e. The zero-order valence-electron chi connectivity index (χ0n) is 7.38. The molecule has 1 heterocycles. The standard InChI is InChI=1S/C9H5BrClFN2O/c10-5-1-2-7(12)6(3-5)9-13-8(4-11)14-15-9/h1-3H,4H2. The van der Waals surface area contributed by atoms with Crippen LogP contribution in [0.4, 0.5) is 4.39 Å². The molecule has 0 spiro atoms. The van der Waals surface area contributed by atoms with Crippen molar-refractivity contribution in [1.29, 1.82) is 0 Å². The van der Waals surface area contributed by atoms with Crippen LogP contribution in [0.15, 0.2) is 27.2 Å². The van der Waals surface area contributed by atoms with Crippen molar-refractivity contribution >= 4 is 27.5 Å². The average Bonchev–Trinajstić information content (AvgIpc) is 2.70. The molecular weight excluding hydrogens is 286 g/mol. The van der Waals surface area contributed by atoms with Crippen LogP contribution < -0.4 is 0 Å². The molecular formula is C9H5BrClFN2O. The summed E-state index contributed by atoms with van der Waals surface area (Å²) < 4.78 is 19.0. The summed E-state index contributed by atoms with van der Waals surface area (Å²) in [5, 5.41) is 3.58. The van der Waals surface area contributed by atoms with Gasteiger partial charge in [-0.15, -0.1) is 11.6 Å². The van der Waals surface area contributed by atoms with E-state index >= 15 is 0 Å². The van der Waals surface area contributed by atoms with Gasteiger partial charge in [-0.25, -0.2) is 4.39 Å². The van der Waals surface area contributed by atoms with Gasteiger partial charge in [-0.05, 0) is 18.2 Å². The average molecular weight is 292 g/mol. The number of benzene rings is 1. The van der Waals surface area contributed by atoms with Crippen LogP contribution in [0.25, 0.3) is 11.5 Å². The maximum absolute atomic E-state index is 13.4. The minimum atomic E-state index is -0.414. The van der Waals surface area contributed by atoms with Crippen LogP contribution in [0.2, 0.25) is 0 Å². The van der Waals surface area contributed by atoms with E-state index in [4.69, 9.17) is 16.1 Å². The molecule has 0 unspecified atom stereocenters. The molecule has 0 aliphatic carbocycles. The van der Waals surface area contributed by atoms with Crippen molar-refractivity contribution in [3.63, 3.8) is 0 Å². The SMILES string of the molecule is Fc1ccc(Br)cc1-c1nc(CCl)no1. The molecule has 2 aromatic rings. The van der Waals surface area contributed by atoms with Gasteiger partial charge in [-0.1, -0.05) is 21.1 Å². The van der Waals surface area contributed by atoms with Crippen molar-refractivity contribution in [3.05, 3.63) is 34.3 Å². The van der Waals surface area contributed by atoms with Gasteiger partial charge in [0.15, 0.2) is 5.82 Å². The van der Waals surface area contributed by atoms with E-state index in [0.717, 1.165) is 4.47 Å². The number of hydrogen-bond donors (Lipinski definition) is 0. The Morgan fingerprint density at radius 3 is 2.93 bits per heavy atom. The molecule has 0 fully saturated rings. The molecule has 0 bridgehead atoms. The van der Waals surface area contributed by atoms with E-state index < -0.39 is 5.82 Å². The van der Waals surface area contributed by atoms with Crippen LogP contribution in [-0.4, -0.2) is 10.1 Å². The summed E-state index contributed by atoms with van der Waals surface area (Å²) >= 11 is 8.75. The van der Waals surface area contributed by atoms with Crippen molar-refractivity contribution in [2.45, 2.75) is 5.88 Å². The van der Waals surface area contributed by atoms with Crippen molar-refractivity contribution in [3.8, 4) is 11.5 Å². The Morgan fingerprint density at radius 1 is 1.47 bits per heavy atom. The van der Waals surface area contributed by atoms with Crippen molar-refractivity contribution in [2.75, 3.05) is 0 Å². The van der Waals surface area contributed by atoms with Crippen LogP contribution in [0.1, 0.15) is 5.82 Å². The highest BCUT2D eigenvalue weighted by Crippen LogP contribution is 2.24. The van der Waals surface area contributed by atoms with Gasteiger partial charge in [0.1, 0.15) is 5.82 Å². The maximum Gasteiger partial charge on any atom is 0.260 e. The first kappa shape index (κ1) is 10.6. The molecule has 0 atom stereocenters. The van der Waals surface area contributed by atoms with E-state index in [1.54, 1.807) is 12.1 Å². The van der Waals surface area contributed by atoms with Crippen LogP contribution >= 0.6 is 27.5 Å². The summed E-state index contributed by atoms with van der Waals surface area (Å²) in [6, 6.07) is 4.49. The highest BCUT2D eigenvalue weighted by atomic mass is 79.9. The Bertz CT molecular complexity index is 489. The quantitative estimate of drug-likeness (QED) is 0.796. The highest BCUT2D eigenvalue weighted by molar-refractivity contribution is 9.10. The molecule has 2 rings (SSSR count). The van der Waals surface area contributed by atoms with E-state index in [1.165, 1.54) is 6.07 Å². The van der Waals surface area contributed by atoms with E-state index in [1.807, 2.05) is 0 Å². The van der Waals surface area contributed by atoms with Gasteiger partial charge < -0.3 is 4.52 Å². The molecule has 1 aromatic carbocycles. The maximum atomic E-state index is 13.4. The molecule has 0 saturated carbocycles. The largest absolute Gasteiger partial charge is 0.334 e. The highest BCUT2D eigenvalue weighted by Gasteiger charge is 2.12. The van der Waals surface area contributed by atoms with Gasteiger partial charge in [0, 0.05) is 4.47 Å². The third-order valence-corrected chi connectivity index (χ3v) is 2.48. The van der Waals surface area contributed by atoms with Crippen LogP contribution in [-0.2, 0) is 5.88 Å². The summed E-state index contributed by atoms with van der Waals surface area (Å²) in [6.07, 6.45) is 0. The first-order valence-electron chi connectivity index (χ1n) is 4.04. The smallest absolute Gasteiger partial charge is 0.260 e. The molecule has 0 radical (unpaired) electrons. The second-order valence-electron chi connectivity index (χ2n) is 2.77. The first-order valence-corrected chi connectivity index (χ1v) is 5.37. The topological polar surface area (TPSA) is 38.9 Å². The molecule has 15 heavy (non-hydrogen) atoms. The molecule has 6 heteroatoms. The van der Waals surface area contributed by atoms with Gasteiger partial charge in [-0.3, -0.25) is 0 Å². The third kappa shape index (κ3) is 2.18. The second kappa shape index (κ2) is 4.28. The second-order valence-corrected chi connectivity index (χ2v) is 3.96. The number of alkyl halides is 1.